The van der Waals surface area contributed by atoms with Gasteiger partial charge in [0.15, 0.2) is 11.3 Å². The Hall–Kier alpha value is -1.83. The summed E-state index contributed by atoms with van der Waals surface area (Å²) in [5, 5.41) is 12.1. The van der Waals surface area contributed by atoms with Crippen molar-refractivity contribution in [1.82, 2.24) is 20.0 Å². The first kappa shape index (κ1) is 14.6. The third kappa shape index (κ3) is 1.48. The molecular weight excluding hydrogens is 264 g/mol. The van der Waals surface area contributed by atoms with Gasteiger partial charge in [0.2, 0.25) is 5.91 Å². The minimum Gasteiger partial charge on any atom is -0.393 e. The van der Waals surface area contributed by atoms with Gasteiger partial charge in [0, 0.05) is 14.1 Å². The average molecular weight is 284 g/mol. The van der Waals surface area contributed by atoms with Crippen LogP contribution in [-0.2, 0) is 4.79 Å². The fraction of sp³-hybridized carbons (Fsp3) is 0.750. The number of nitrogens with one attached hydrogen (secondary N) is 1. The molecule has 0 spiro atoms. The highest BCUT2D eigenvalue weighted by Gasteiger charge is 2.70. The van der Waals surface area contributed by atoms with Gasteiger partial charge in [-0.2, -0.15) is 0 Å². The number of urea groups is 2. The van der Waals surface area contributed by atoms with Crippen LogP contribution in [0.2, 0.25) is 0 Å². The van der Waals surface area contributed by atoms with Crippen LogP contribution in [0.3, 0.4) is 0 Å². The lowest BCUT2D eigenvalue weighted by Gasteiger charge is -2.40. The zero-order valence-corrected chi connectivity index (χ0v) is 12.3. The average Bonchev–Trinajstić information content (AvgIpc) is 2.58. The molecule has 2 rings (SSSR count). The van der Waals surface area contributed by atoms with Crippen LogP contribution >= 0.6 is 0 Å². The van der Waals surface area contributed by atoms with Gasteiger partial charge in [-0.25, -0.2) is 14.5 Å². The molecule has 8 heteroatoms. The van der Waals surface area contributed by atoms with E-state index in [1.807, 2.05) is 0 Å². The maximum absolute atomic E-state index is 12.4. The van der Waals surface area contributed by atoms with Crippen molar-refractivity contribution < 1.29 is 19.5 Å². The number of hydrogen-bond acceptors (Lipinski definition) is 4. The first-order chi connectivity index (χ1) is 9.07. The van der Waals surface area contributed by atoms with Crippen LogP contribution in [0, 0.1) is 0 Å². The number of carbonyl (C=O) groups is 3. The van der Waals surface area contributed by atoms with Gasteiger partial charge in [-0.1, -0.05) is 0 Å². The molecule has 0 saturated carbocycles. The van der Waals surface area contributed by atoms with E-state index in [2.05, 4.69) is 5.32 Å². The molecular formula is C12H20N4O4. The SMILES string of the molecule is CC(O)CC(=O)N1C(=O)N(C)[C@@]2(C)N(C)C(=O)N[C@@]12C. The predicted molar refractivity (Wildman–Crippen MR) is 69.4 cm³/mol. The number of imide groups is 1. The van der Waals surface area contributed by atoms with Gasteiger partial charge >= 0.3 is 12.1 Å². The molecule has 2 aliphatic rings. The Balaban J connectivity index is 2.48. The molecule has 3 atom stereocenters. The fourth-order valence-electron chi connectivity index (χ4n) is 2.98. The number of fused-ring (bicyclic) bond motifs is 1. The lowest BCUT2D eigenvalue weighted by Crippen LogP contribution is -2.64. The Morgan fingerprint density at radius 2 is 1.85 bits per heavy atom. The minimum absolute atomic E-state index is 0.176. The van der Waals surface area contributed by atoms with Crippen LogP contribution < -0.4 is 5.32 Å². The van der Waals surface area contributed by atoms with Crippen molar-refractivity contribution in [2.75, 3.05) is 14.1 Å². The molecule has 8 nitrogen and oxygen atoms in total. The van der Waals surface area contributed by atoms with Crippen LogP contribution in [0.5, 0.6) is 0 Å². The Bertz CT molecular complexity index is 494. The molecule has 0 aromatic rings. The van der Waals surface area contributed by atoms with Gasteiger partial charge < -0.3 is 20.2 Å². The normalized spacial score (nSPS) is 34.4. The van der Waals surface area contributed by atoms with Crippen LogP contribution in [0.25, 0.3) is 0 Å². The highest BCUT2D eigenvalue weighted by Crippen LogP contribution is 2.44. The largest absolute Gasteiger partial charge is 0.393 e. The lowest BCUT2D eigenvalue weighted by atomic mass is 9.96. The number of carbonyl (C=O) groups excluding carboxylic acids is 3. The van der Waals surface area contributed by atoms with Crippen molar-refractivity contribution in [3.8, 4) is 0 Å². The summed E-state index contributed by atoms with van der Waals surface area (Å²) in [6, 6.07) is -0.850. The highest BCUT2D eigenvalue weighted by atomic mass is 16.3. The van der Waals surface area contributed by atoms with Crippen molar-refractivity contribution in [1.29, 1.82) is 0 Å². The van der Waals surface area contributed by atoms with Crippen molar-refractivity contribution in [3.05, 3.63) is 0 Å². The van der Waals surface area contributed by atoms with E-state index in [0.29, 0.717) is 0 Å². The minimum atomic E-state index is -1.17. The monoisotopic (exact) mass is 284 g/mol. The summed E-state index contributed by atoms with van der Waals surface area (Å²) in [7, 11) is 3.13. The summed E-state index contributed by atoms with van der Waals surface area (Å²) >= 11 is 0. The zero-order chi connectivity index (χ0) is 15.5. The second kappa shape index (κ2) is 4.08. The van der Waals surface area contributed by atoms with Crippen LogP contribution in [0.1, 0.15) is 27.2 Å². The van der Waals surface area contributed by atoms with Crippen LogP contribution in [-0.4, -0.2) is 69.3 Å². The van der Waals surface area contributed by atoms with E-state index in [4.69, 9.17) is 0 Å². The zero-order valence-electron chi connectivity index (χ0n) is 12.3. The number of likely N-dealkylation sites (N-methyl/N-ethyl adjacent to an activating group) is 2. The molecule has 2 fully saturated rings. The molecule has 2 saturated heterocycles. The first-order valence-electron chi connectivity index (χ1n) is 6.42. The number of amides is 5. The molecule has 2 N–H and O–H groups in total. The van der Waals surface area contributed by atoms with Gasteiger partial charge in [-0.3, -0.25) is 4.79 Å². The Morgan fingerprint density at radius 1 is 1.30 bits per heavy atom. The van der Waals surface area contributed by atoms with Crippen molar-refractivity contribution in [2.24, 2.45) is 0 Å². The number of aliphatic hydroxyl groups is 1. The second-order valence-corrected chi connectivity index (χ2v) is 5.71. The summed E-state index contributed by atoms with van der Waals surface area (Å²) < 4.78 is 0. The van der Waals surface area contributed by atoms with Crippen molar-refractivity contribution in [2.45, 2.75) is 44.6 Å². The van der Waals surface area contributed by atoms with Gasteiger partial charge in [-0.15, -0.1) is 0 Å². The molecule has 0 aromatic carbocycles. The van der Waals surface area contributed by atoms with Gasteiger partial charge in [0.1, 0.15) is 0 Å². The Morgan fingerprint density at radius 3 is 2.35 bits per heavy atom. The third-order valence-electron chi connectivity index (χ3n) is 4.53. The maximum Gasteiger partial charge on any atom is 0.330 e. The molecule has 20 heavy (non-hydrogen) atoms. The van der Waals surface area contributed by atoms with Gasteiger partial charge in [0.05, 0.1) is 12.5 Å². The number of rotatable bonds is 2. The number of aliphatic hydroxyl groups excluding tert-OH is 1. The van der Waals surface area contributed by atoms with Crippen molar-refractivity contribution in [3.63, 3.8) is 0 Å². The van der Waals surface area contributed by atoms with E-state index in [0.717, 1.165) is 4.90 Å². The highest BCUT2D eigenvalue weighted by molar-refractivity contribution is 6.00. The second-order valence-electron chi connectivity index (χ2n) is 5.71. The number of nitrogens with zero attached hydrogens (tertiary/aromatic N) is 3. The summed E-state index contributed by atoms with van der Waals surface area (Å²) in [6.45, 7) is 4.83. The van der Waals surface area contributed by atoms with Crippen LogP contribution in [0.15, 0.2) is 0 Å². The quantitative estimate of drug-likeness (QED) is 0.730. The summed E-state index contributed by atoms with van der Waals surface area (Å²) in [5.74, 6) is -0.515. The van der Waals surface area contributed by atoms with Crippen molar-refractivity contribution >= 4 is 18.0 Å². The third-order valence-corrected chi connectivity index (χ3v) is 4.53. The molecule has 112 valence electrons. The van der Waals surface area contributed by atoms with E-state index in [1.165, 1.54) is 16.7 Å². The van der Waals surface area contributed by atoms with Gasteiger partial charge in [0.25, 0.3) is 0 Å². The molecule has 2 aliphatic heterocycles. The standard InChI is InChI=1S/C12H20N4O4/c1-7(17)6-8(18)16-10(20)15(5)12(3)11(16,2)13-9(19)14(12)4/h7,17H,6H2,1-5H3,(H,13,19)/t7?,11-,12+/m0/s1. The van der Waals surface area contributed by atoms with Gasteiger partial charge in [-0.05, 0) is 20.8 Å². The molecule has 5 amide bonds. The maximum atomic E-state index is 12.4. The summed E-state index contributed by atoms with van der Waals surface area (Å²) in [5.41, 5.74) is -2.15. The van der Waals surface area contributed by atoms with E-state index in [-0.39, 0.29) is 12.5 Å². The lowest BCUT2D eigenvalue weighted by molar-refractivity contribution is -0.135. The number of hydrogen-bond donors (Lipinski definition) is 2. The summed E-state index contributed by atoms with van der Waals surface area (Å²) in [6.07, 6.45) is -1.03. The Labute approximate surface area is 117 Å². The molecule has 0 aliphatic carbocycles. The molecule has 0 bridgehead atoms. The van der Waals surface area contributed by atoms with E-state index < -0.39 is 29.4 Å². The molecule has 0 radical (unpaired) electrons. The topological polar surface area (TPSA) is 93.2 Å². The van der Waals surface area contributed by atoms with E-state index in [9.17, 15) is 19.5 Å². The smallest absolute Gasteiger partial charge is 0.330 e. The molecule has 0 aromatic heterocycles. The molecule has 2 heterocycles. The molecule has 1 unspecified atom stereocenters. The predicted octanol–water partition coefficient (Wildman–Crippen LogP) is -0.261. The summed E-state index contributed by atoms with van der Waals surface area (Å²) in [4.78, 5) is 40.4. The van der Waals surface area contributed by atoms with E-state index in [1.54, 1.807) is 27.9 Å². The Kier molecular flexibility index (Phi) is 2.97. The fourth-order valence-corrected chi connectivity index (χ4v) is 2.98. The van der Waals surface area contributed by atoms with Crippen LogP contribution in [0.4, 0.5) is 9.59 Å². The van der Waals surface area contributed by atoms with E-state index >= 15 is 0 Å². The first-order valence-corrected chi connectivity index (χ1v) is 6.42.